The number of nitrogens with one attached hydrogen (secondary N) is 1. The monoisotopic (exact) mass is 293 g/mol. The number of carbonyl (C=O) groups excluding carboxylic acids is 1. The van der Waals surface area contributed by atoms with Crippen LogP contribution in [0.15, 0.2) is 35.7 Å². The lowest BCUT2D eigenvalue weighted by Gasteiger charge is -2.11. The molecule has 1 amide bonds. The third kappa shape index (κ3) is 3.88. The van der Waals surface area contributed by atoms with E-state index in [1.54, 1.807) is 12.1 Å². The Kier molecular flexibility index (Phi) is 4.87. The summed E-state index contributed by atoms with van der Waals surface area (Å²) in [5.41, 5.74) is 1.76. The lowest BCUT2D eigenvalue weighted by molar-refractivity contribution is -0.120. The van der Waals surface area contributed by atoms with Crippen LogP contribution < -0.4 is 5.32 Å². The number of benzene rings is 1. The van der Waals surface area contributed by atoms with Crippen molar-refractivity contribution >= 4 is 17.2 Å². The number of aliphatic hydroxyl groups excluding tert-OH is 1. The Bertz CT molecular complexity index is 580. The first-order valence-electron chi connectivity index (χ1n) is 6.29. The second-order valence-electron chi connectivity index (χ2n) is 4.59. The Hall–Kier alpha value is -1.72. The number of rotatable bonds is 5. The van der Waals surface area contributed by atoms with Crippen molar-refractivity contribution < 1.29 is 14.3 Å². The maximum atomic E-state index is 12.7. The molecule has 0 saturated carbocycles. The molecule has 2 N–H and O–H groups in total. The number of amides is 1. The van der Waals surface area contributed by atoms with E-state index in [1.165, 1.54) is 23.5 Å². The Morgan fingerprint density at radius 2 is 2.05 bits per heavy atom. The third-order valence-corrected chi connectivity index (χ3v) is 4.10. The molecule has 0 spiro atoms. The van der Waals surface area contributed by atoms with E-state index in [0.717, 1.165) is 16.0 Å². The Balaban J connectivity index is 1.83. The van der Waals surface area contributed by atoms with Crippen LogP contribution in [0.4, 0.5) is 4.39 Å². The molecule has 0 aliphatic carbocycles. The summed E-state index contributed by atoms with van der Waals surface area (Å²) in [4.78, 5) is 12.6. The number of halogens is 1. The first kappa shape index (κ1) is 14.7. The zero-order valence-electron chi connectivity index (χ0n) is 11.1. The molecule has 106 valence electrons. The lowest BCUT2D eigenvalue weighted by Crippen LogP contribution is -2.29. The fourth-order valence-electron chi connectivity index (χ4n) is 1.88. The van der Waals surface area contributed by atoms with Crippen molar-refractivity contribution in [3.63, 3.8) is 0 Å². The van der Waals surface area contributed by atoms with E-state index in [0.29, 0.717) is 0 Å². The van der Waals surface area contributed by atoms with E-state index in [-0.39, 0.29) is 24.7 Å². The fourth-order valence-corrected chi connectivity index (χ4v) is 2.79. The molecule has 0 radical (unpaired) electrons. The summed E-state index contributed by atoms with van der Waals surface area (Å²) < 4.78 is 12.7. The van der Waals surface area contributed by atoms with Crippen LogP contribution in [0.5, 0.6) is 0 Å². The molecule has 3 nitrogen and oxygen atoms in total. The first-order valence-corrected chi connectivity index (χ1v) is 7.17. The van der Waals surface area contributed by atoms with E-state index in [2.05, 4.69) is 5.32 Å². The molecule has 0 bridgehead atoms. The average Bonchev–Trinajstić information content (AvgIpc) is 2.85. The van der Waals surface area contributed by atoms with E-state index in [1.807, 2.05) is 18.4 Å². The van der Waals surface area contributed by atoms with Gasteiger partial charge in [-0.25, -0.2) is 4.39 Å². The van der Waals surface area contributed by atoms with Crippen LogP contribution in [0.3, 0.4) is 0 Å². The Morgan fingerprint density at radius 3 is 2.65 bits per heavy atom. The summed E-state index contributed by atoms with van der Waals surface area (Å²) in [7, 11) is 0. The number of hydrogen-bond donors (Lipinski definition) is 2. The molecule has 1 aromatic heterocycles. The van der Waals surface area contributed by atoms with E-state index >= 15 is 0 Å². The predicted octanol–water partition coefficient (Wildman–Crippen LogP) is 2.59. The van der Waals surface area contributed by atoms with Gasteiger partial charge in [0, 0.05) is 11.4 Å². The highest BCUT2D eigenvalue weighted by Gasteiger charge is 2.13. The number of thiophene rings is 1. The standard InChI is InChI=1S/C15H16FNO2S/c1-10-6-7-20-15(10)13(18)9-17-14(19)8-11-2-4-12(16)5-3-11/h2-7,13,18H,8-9H2,1H3,(H,17,19)/t13-/m1/s1. The summed E-state index contributed by atoms with van der Waals surface area (Å²) in [5, 5.41) is 14.6. The Labute approximate surface area is 121 Å². The quantitative estimate of drug-likeness (QED) is 0.890. The number of aliphatic hydroxyl groups is 1. The van der Waals surface area contributed by atoms with Crippen LogP contribution in [0.1, 0.15) is 22.1 Å². The Morgan fingerprint density at radius 1 is 1.35 bits per heavy atom. The van der Waals surface area contributed by atoms with Gasteiger partial charge in [-0.3, -0.25) is 4.79 Å². The highest BCUT2D eigenvalue weighted by molar-refractivity contribution is 7.10. The van der Waals surface area contributed by atoms with Gasteiger partial charge in [0.1, 0.15) is 11.9 Å². The van der Waals surface area contributed by atoms with Gasteiger partial charge in [-0.15, -0.1) is 11.3 Å². The minimum Gasteiger partial charge on any atom is -0.386 e. The maximum absolute atomic E-state index is 12.7. The first-order chi connectivity index (χ1) is 9.56. The molecule has 0 aliphatic heterocycles. The van der Waals surface area contributed by atoms with Crippen LogP contribution >= 0.6 is 11.3 Å². The zero-order valence-corrected chi connectivity index (χ0v) is 11.9. The summed E-state index contributed by atoms with van der Waals surface area (Å²) in [6, 6.07) is 7.74. The zero-order chi connectivity index (χ0) is 14.5. The molecule has 1 aromatic carbocycles. The average molecular weight is 293 g/mol. The summed E-state index contributed by atoms with van der Waals surface area (Å²) in [5.74, 6) is -0.511. The highest BCUT2D eigenvalue weighted by atomic mass is 32.1. The third-order valence-electron chi connectivity index (χ3n) is 2.97. The molecular weight excluding hydrogens is 277 g/mol. The molecular formula is C15H16FNO2S. The van der Waals surface area contributed by atoms with Crippen LogP contribution in [0, 0.1) is 12.7 Å². The summed E-state index contributed by atoms with van der Waals surface area (Å²) in [6.45, 7) is 2.11. The predicted molar refractivity (Wildman–Crippen MR) is 77.1 cm³/mol. The highest BCUT2D eigenvalue weighted by Crippen LogP contribution is 2.23. The molecule has 1 atom stereocenters. The van der Waals surface area contributed by atoms with Gasteiger partial charge in [0.15, 0.2) is 0 Å². The van der Waals surface area contributed by atoms with Gasteiger partial charge in [-0.2, -0.15) is 0 Å². The number of hydrogen-bond acceptors (Lipinski definition) is 3. The van der Waals surface area contributed by atoms with E-state index < -0.39 is 6.10 Å². The van der Waals surface area contributed by atoms with Gasteiger partial charge in [-0.1, -0.05) is 12.1 Å². The minimum atomic E-state index is -0.688. The van der Waals surface area contributed by atoms with Gasteiger partial charge in [-0.05, 0) is 41.6 Å². The summed E-state index contributed by atoms with van der Waals surface area (Å²) >= 11 is 1.47. The number of carbonyl (C=O) groups is 1. The molecule has 20 heavy (non-hydrogen) atoms. The van der Waals surface area contributed by atoms with Gasteiger partial charge >= 0.3 is 0 Å². The van der Waals surface area contributed by atoms with Crippen molar-refractivity contribution in [1.82, 2.24) is 5.32 Å². The van der Waals surface area contributed by atoms with Gasteiger partial charge in [0.2, 0.25) is 5.91 Å². The van der Waals surface area contributed by atoms with Gasteiger partial charge in [0.25, 0.3) is 0 Å². The van der Waals surface area contributed by atoms with Gasteiger partial charge < -0.3 is 10.4 Å². The van der Waals surface area contributed by atoms with Crippen molar-refractivity contribution in [3.8, 4) is 0 Å². The second-order valence-corrected chi connectivity index (χ2v) is 5.54. The van der Waals surface area contributed by atoms with Crippen molar-refractivity contribution in [1.29, 1.82) is 0 Å². The van der Waals surface area contributed by atoms with Crippen molar-refractivity contribution in [3.05, 3.63) is 57.5 Å². The minimum absolute atomic E-state index is 0.177. The topological polar surface area (TPSA) is 49.3 Å². The smallest absolute Gasteiger partial charge is 0.224 e. The van der Waals surface area contributed by atoms with Crippen LogP contribution in [-0.4, -0.2) is 17.6 Å². The van der Waals surface area contributed by atoms with Crippen molar-refractivity contribution in [2.75, 3.05) is 6.54 Å². The largest absolute Gasteiger partial charge is 0.386 e. The SMILES string of the molecule is Cc1ccsc1[C@H](O)CNC(=O)Cc1ccc(F)cc1. The molecule has 0 saturated heterocycles. The van der Waals surface area contributed by atoms with E-state index in [4.69, 9.17) is 0 Å². The molecule has 0 aliphatic rings. The van der Waals surface area contributed by atoms with Crippen molar-refractivity contribution in [2.45, 2.75) is 19.4 Å². The second kappa shape index (κ2) is 6.63. The van der Waals surface area contributed by atoms with Crippen molar-refractivity contribution in [2.24, 2.45) is 0 Å². The van der Waals surface area contributed by atoms with Crippen LogP contribution in [0.25, 0.3) is 0 Å². The maximum Gasteiger partial charge on any atom is 0.224 e. The summed E-state index contributed by atoms with van der Waals surface area (Å²) in [6.07, 6.45) is -0.511. The number of aryl methyl sites for hydroxylation is 1. The lowest BCUT2D eigenvalue weighted by atomic mass is 10.1. The molecule has 0 fully saturated rings. The van der Waals surface area contributed by atoms with Crippen LogP contribution in [-0.2, 0) is 11.2 Å². The van der Waals surface area contributed by atoms with E-state index in [9.17, 15) is 14.3 Å². The molecule has 2 aromatic rings. The van der Waals surface area contributed by atoms with Crippen LogP contribution in [0.2, 0.25) is 0 Å². The molecule has 1 heterocycles. The van der Waals surface area contributed by atoms with Gasteiger partial charge in [0.05, 0.1) is 6.42 Å². The normalized spacial score (nSPS) is 12.2. The fraction of sp³-hybridized carbons (Fsp3) is 0.267. The molecule has 0 unspecified atom stereocenters. The molecule has 2 rings (SSSR count). The molecule has 5 heteroatoms.